The van der Waals surface area contributed by atoms with E-state index in [0.29, 0.717) is 6.04 Å². The van der Waals surface area contributed by atoms with Crippen molar-refractivity contribution in [1.29, 1.82) is 0 Å². The van der Waals surface area contributed by atoms with Gasteiger partial charge in [-0.25, -0.2) is 0 Å². The second-order valence-electron chi connectivity index (χ2n) is 4.05. The average molecular weight is 220 g/mol. The summed E-state index contributed by atoms with van der Waals surface area (Å²) in [5, 5.41) is 3.40. The number of para-hydroxylation sites is 2. The number of nitrogens with one attached hydrogen (secondary N) is 1. The molecule has 0 bridgehead atoms. The van der Waals surface area contributed by atoms with Gasteiger partial charge in [0.15, 0.2) is 0 Å². The van der Waals surface area contributed by atoms with Crippen molar-refractivity contribution in [2.75, 3.05) is 17.3 Å². The first-order chi connectivity index (χ1) is 7.56. The molecule has 1 atom stereocenters. The van der Waals surface area contributed by atoms with E-state index in [4.69, 9.17) is 0 Å². The van der Waals surface area contributed by atoms with Crippen LogP contribution in [-0.4, -0.2) is 19.0 Å². The van der Waals surface area contributed by atoms with E-state index in [1.54, 1.807) is 18.9 Å². The van der Waals surface area contributed by atoms with Crippen LogP contribution in [0.2, 0.25) is 0 Å². The van der Waals surface area contributed by atoms with Crippen LogP contribution >= 0.6 is 0 Å². The minimum atomic E-state index is 0.0402. The lowest BCUT2D eigenvalue weighted by atomic mass is 10.2. The predicted molar refractivity (Wildman–Crippen MR) is 68.9 cm³/mol. The summed E-state index contributed by atoms with van der Waals surface area (Å²) in [7, 11) is 1.79. The molecule has 0 aliphatic heterocycles. The zero-order valence-electron chi connectivity index (χ0n) is 10.4. The lowest BCUT2D eigenvalue weighted by molar-refractivity contribution is -0.116. The van der Waals surface area contributed by atoms with E-state index < -0.39 is 0 Å². The van der Waals surface area contributed by atoms with Crippen molar-refractivity contribution in [3.8, 4) is 0 Å². The van der Waals surface area contributed by atoms with Crippen molar-refractivity contribution in [3.63, 3.8) is 0 Å². The zero-order chi connectivity index (χ0) is 12.1. The van der Waals surface area contributed by atoms with Gasteiger partial charge in [-0.05, 0) is 25.5 Å². The number of anilines is 2. The van der Waals surface area contributed by atoms with Crippen molar-refractivity contribution in [3.05, 3.63) is 24.3 Å². The quantitative estimate of drug-likeness (QED) is 0.846. The van der Waals surface area contributed by atoms with Gasteiger partial charge in [-0.15, -0.1) is 0 Å². The normalized spacial score (nSPS) is 12.0. The van der Waals surface area contributed by atoms with Gasteiger partial charge in [0.05, 0.1) is 11.4 Å². The molecule has 0 fully saturated rings. The van der Waals surface area contributed by atoms with Crippen molar-refractivity contribution >= 4 is 17.3 Å². The van der Waals surface area contributed by atoms with Gasteiger partial charge in [0.2, 0.25) is 5.91 Å². The highest BCUT2D eigenvalue weighted by Crippen LogP contribution is 2.25. The molecule has 3 heteroatoms. The summed E-state index contributed by atoms with van der Waals surface area (Å²) in [6.45, 7) is 5.83. The SMILES string of the molecule is CCC(C)Nc1ccccc1N(C)C(C)=O. The summed E-state index contributed by atoms with van der Waals surface area (Å²) in [4.78, 5) is 13.0. The van der Waals surface area contributed by atoms with Crippen LogP contribution in [0, 0.1) is 0 Å². The van der Waals surface area contributed by atoms with E-state index in [-0.39, 0.29) is 5.91 Å². The maximum atomic E-state index is 11.3. The number of hydrogen-bond acceptors (Lipinski definition) is 2. The highest BCUT2D eigenvalue weighted by atomic mass is 16.2. The maximum Gasteiger partial charge on any atom is 0.223 e. The number of carbonyl (C=O) groups is 1. The molecule has 1 N–H and O–H groups in total. The number of benzene rings is 1. The van der Waals surface area contributed by atoms with Crippen LogP contribution in [-0.2, 0) is 4.79 Å². The zero-order valence-corrected chi connectivity index (χ0v) is 10.4. The van der Waals surface area contributed by atoms with Crippen molar-refractivity contribution in [2.45, 2.75) is 33.2 Å². The van der Waals surface area contributed by atoms with Gasteiger partial charge in [0.1, 0.15) is 0 Å². The third-order valence-electron chi connectivity index (χ3n) is 2.75. The van der Waals surface area contributed by atoms with Crippen LogP contribution in [0.25, 0.3) is 0 Å². The Hall–Kier alpha value is -1.51. The Morgan fingerprint density at radius 2 is 2.06 bits per heavy atom. The Bertz CT molecular complexity index is 363. The lowest BCUT2D eigenvalue weighted by Gasteiger charge is -2.22. The van der Waals surface area contributed by atoms with Crippen LogP contribution in [0.3, 0.4) is 0 Å². The van der Waals surface area contributed by atoms with Gasteiger partial charge in [0.25, 0.3) is 0 Å². The summed E-state index contributed by atoms with van der Waals surface area (Å²) in [6, 6.07) is 8.27. The second kappa shape index (κ2) is 5.54. The molecule has 88 valence electrons. The molecule has 1 aromatic carbocycles. The Kier molecular flexibility index (Phi) is 4.35. The van der Waals surface area contributed by atoms with Crippen LogP contribution < -0.4 is 10.2 Å². The molecular weight excluding hydrogens is 200 g/mol. The molecule has 0 heterocycles. The van der Waals surface area contributed by atoms with Crippen molar-refractivity contribution in [2.24, 2.45) is 0 Å². The molecule has 1 aromatic rings. The van der Waals surface area contributed by atoms with E-state index in [9.17, 15) is 4.79 Å². The Morgan fingerprint density at radius 1 is 1.44 bits per heavy atom. The predicted octanol–water partition coefficient (Wildman–Crippen LogP) is 2.88. The first-order valence-electron chi connectivity index (χ1n) is 5.66. The van der Waals surface area contributed by atoms with Gasteiger partial charge in [-0.1, -0.05) is 19.1 Å². The van der Waals surface area contributed by atoms with E-state index in [1.807, 2.05) is 24.3 Å². The molecule has 1 rings (SSSR count). The molecule has 1 unspecified atom stereocenters. The number of carbonyl (C=O) groups excluding carboxylic acids is 1. The summed E-state index contributed by atoms with van der Waals surface area (Å²) < 4.78 is 0. The smallest absolute Gasteiger partial charge is 0.223 e. The first kappa shape index (κ1) is 12.6. The largest absolute Gasteiger partial charge is 0.381 e. The van der Waals surface area contributed by atoms with Crippen LogP contribution in [0.4, 0.5) is 11.4 Å². The van der Waals surface area contributed by atoms with E-state index in [0.717, 1.165) is 17.8 Å². The topological polar surface area (TPSA) is 32.3 Å². The number of amides is 1. The molecule has 3 nitrogen and oxygen atoms in total. The molecule has 16 heavy (non-hydrogen) atoms. The minimum absolute atomic E-state index is 0.0402. The molecule has 0 aliphatic carbocycles. The van der Waals surface area contributed by atoms with Gasteiger partial charge < -0.3 is 10.2 Å². The molecule has 0 aliphatic rings. The highest BCUT2D eigenvalue weighted by molar-refractivity contribution is 5.94. The average Bonchev–Trinajstić information content (AvgIpc) is 2.28. The third-order valence-corrected chi connectivity index (χ3v) is 2.75. The second-order valence-corrected chi connectivity index (χ2v) is 4.05. The van der Waals surface area contributed by atoms with Crippen LogP contribution in [0.15, 0.2) is 24.3 Å². The summed E-state index contributed by atoms with van der Waals surface area (Å²) in [6.07, 6.45) is 1.05. The lowest BCUT2D eigenvalue weighted by Crippen LogP contribution is -2.25. The van der Waals surface area contributed by atoms with E-state index in [1.165, 1.54) is 0 Å². The van der Waals surface area contributed by atoms with Gasteiger partial charge >= 0.3 is 0 Å². The van der Waals surface area contributed by atoms with Crippen molar-refractivity contribution in [1.82, 2.24) is 0 Å². The monoisotopic (exact) mass is 220 g/mol. The standard InChI is InChI=1S/C13H20N2O/c1-5-10(2)14-12-8-6-7-9-13(12)15(4)11(3)16/h6-10,14H,5H2,1-4H3. The molecule has 0 spiro atoms. The fourth-order valence-corrected chi connectivity index (χ4v) is 1.43. The van der Waals surface area contributed by atoms with E-state index >= 15 is 0 Å². The van der Waals surface area contributed by atoms with Crippen LogP contribution in [0.1, 0.15) is 27.2 Å². The Labute approximate surface area is 97.5 Å². The molecule has 0 aromatic heterocycles. The number of rotatable bonds is 4. The van der Waals surface area contributed by atoms with Gasteiger partial charge in [-0.2, -0.15) is 0 Å². The fraction of sp³-hybridized carbons (Fsp3) is 0.462. The Morgan fingerprint density at radius 3 is 2.62 bits per heavy atom. The van der Waals surface area contributed by atoms with Crippen molar-refractivity contribution < 1.29 is 4.79 Å². The first-order valence-corrected chi connectivity index (χ1v) is 5.66. The molecule has 0 saturated heterocycles. The highest BCUT2D eigenvalue weighted by Gasteiger charge is 2.11. The Balaban J connectivity index is 2.95. The summed E-state index contributed by atoms with van der Waals surface area (Å²) in [5.41, 5.74) is 1.94. The van der Waals surface area contributed by atoms with Gasteiger partial charge in [-0.3, -0.25) is 4.79 Å². The molecule has 0 radical (unpaired) electrons. The molecule has 1 amide bonds. The summed E-state index contributed by atoms with van der Waals surface area (Å²) >= 11 is 0. The minimum Gasteiger partial charge on any atom is -0.381 e. The maximum absolute atomic E-state index is 11.3. The third kappa shape index (κ3) is 2.99. The summed E-state index contributed by atoms with van der Waals surface area (Å²) in [5.74, 6) is 0.0402. The fourth-order valence-electron chi connectivity index (χ4n) is 1.43. The van der Waals surface area contributed by atoms with Crippen LogP contribution in [0.5, 0.6) is 0 Å². The van der Waals surface area contributed by atoms with E-state index in [2.05, 4.69) is 19.2 Å². The number of hydrogen-bond donors (Lipinski definition) is 1. The number of nitrogens with zero attached hydrogens (tertiary/aromatic N) is 1. The molecule has 0 saturated carbocycles. The van der Waals surface area contributed by atoms with Gasteiger partial charge in [0, 0.05) is 20.0 Å². The molecular formula is C13H20N2O.